The molecule has 2 amide bonds. The molecule has 1 aliphatic rings. The minimum atomic E-state index is -0.334. The SMILES string of the molecule is O=C(NCc1cn(-c2cccs2)nn1)Nc1ccc2c(c1)OCO2. The average Bonchev–Trinajstić information content (AvgIpc) is 3.32. The lowest BCUT2D eigenvalue weighted by Gasteiger charge is -2.07. The molecule has 3 aromatic rings. The Morgan fingerprint density at radius 2 is 2.21 bits per heavy atom. The summed E-state index contributed by atoms with van der Waals surface area (Å²) in [5.74, 6) is 1.29. The van der Waals surface area contributed by atoms with Crippen LogP contribution in [-0.4, -0.2) is 27.8 Å². The van der Waals surface area contributed by atoms with Gasteiger partial charge in [0.05, 0.1) is 12.7 Å². The highest BCUT2D eigenvalue weighted by molar-refractivity contribution is 7.12. The molecule has 0 radical (unpaired) electrons. The topological polar surface area (TPSA) is 90.3 Å². The third-order valence-electron chi connectivity index (χ3n) is 3.33. The molecule has 0 saturated carbocycles. The van der Waals surface area contributed by atoms with Crippen LogP contribution in [0.15, 0.2) is 41.9 Å². The van der Waals surface area contributed by atoms with Crippen molar-refractivity contribution in [2.45, 2.75) is 6.54 Å². The Kier molecular flexibility index (Phi) is 3.75. The number of benzene rings is 1. The zero-order chi connectivity index (χ0) is 16.4. The number of anilines is 1. The van der Waals surface area contributed by atoms with Gasteiger partial charge in [-0.05, 0) is 29.6 Å². The molecule has 122 valence electrons. The number of aromatic nitrogens is 3. The predicted octanol–water partition coefficient (Wildman–Crippen LogP) is 2.38. The van der Waals surface area contributed by atoms with E-state index in [0.717, 1.165) is 5.00 Å². The molecule has 8 nitrogen and oxygen atoms in total. The van der Waals surface area contributed by atoms with Crippen molar-refractivity contribution in [2.24, 2.45) is 0 Å². The summed E-state index contributed by atoms with van der Waals surface area (Å²) in [5, 5.41) is 16.5. The van der Waals surface area contributed by atoms with E-state index in [1.807, 2.05) is 17.5 Å². The lowest BCUT2D eigenvalue weighted by atomic mass is 10.3. The minimum Gasteiger partial charge on any atom is -0.454 e. The first kappa shape index (κ1) is 14.5. The van der Waals surface area contributed by atoms with Crippen LogP contribution in [0.3, 0.4) is 0 Å². The van der Waals surface area contributed by atoms with Gasteiger partial charge in [-0.25, -0.2) is 9.48 Å². The van der Waals surface area contributed by atoms with Gasteiger partial charge in [0.15, 0.2) is 11.5 Å². The summed E-state index contributed by atoms with van der Waals surface area (Å²) in [5.41, 5.74) is 1.29. The highest BCUT2D eigenvalue weighted by atomic mass is 32.1. The summed E-state index contributed by atoms with van der Waals surface area (Å²) in [7, 11) is 0. The number of fused-ring (bicyclic) bond motifs is 1. The van der Waals surface area contributed by atoms with Crippen molar-refractivity contribution >= 4 is 23.1 Å². The number of nitrogens with zero attached hydrogens (tertiary/aromatic N) is 3. The van der Waals surface area contributed by atoms with E-state index in [9.17, 15) is 4.79 Å². The van der Waals surface area contributed by atoms with Crippen LogP contribution in [0, 0.1) is 0 Å². The molecule has 0 bridgehead atoms. The summed E-state index contributed by atoms with van der Waals surface area (Å²) in [4.78, 5) is 12.0. The highest BCUT2D eigenvalue weighted by Gasteiger charge is 2.14. The number of hydrogen-bond acceptors (Lipinski definition) is 6. The first-order valence-electron chi connectivity index (χ1n) is 7.17. The molecule has 3 heterocycles. The number of ether oxygens (including phenoxy) is 2. The van der Waals surface area contributed by atoms with Gasteiger partial charge in [0, 0.05) is 11.8 Å². The Balaban J connectivity index is 1.33. The fraction of sp³-hybridized carbons (Fsp3) is 0.133. The van der Waals surface area contributed by atoms with Gasteiger partial charge >= 0.3 is 6.03 Å². The van der Waals surface area contributed by atoms with Gasteiger partial charge in [0.25, 0.3) is 0 Å². The van der Waals surface area contributed by atoms with E-state index in [1.54, 1.807) is 40.4 Å². The first-order valence-corrected chi connectivity index (χ1v) is 8.05. The van der Waals surface area contributed by atoms with Crippen LogP contribution in [0.25, 0.3) is 5.00 Å². The number of carbonyl (C=O) groups is 1. The molecule has 1 aliphatic heterocycles. The molecule has 24 heavy (non-hydrogen) atoms. The zero-order valence-corrected chi connectivity index (χ0v) is 13.2. The van der Waals surface area contributed by atoms with Crippen molar-refractivity contribution in [1.29, 1.82) is 0 Å². The molecule has 4 rings (SSSR count). The molecule has 0 aliphatic carbocycles. The Bertz CT molecular complexity index is 862. The number of nitrogens with one attached hydrogen (secondary N) is 2. The Morgan fingerprint density at radius 1 is 1.29 bits per heavy atom. The second-order valence-electron chi connectivity index (χ2n) is 4.98. The number of rotatable bonds is 4. The fourth-order valence-electron chi connectivity index (χ4n) is 2.21. The van der Waals surface area contributed by atoms with E-state index in [1.165, 1.54) is 0 Å². The molecule has 9 heteroatoms. The lowest BCUT2D eigenvalue weighted by Crippen LogP contribution is -2.28. The van der Waals surface area contributed by atoms with Crippen molar-refractivity contribution < 1.29 is 14.3 Å². The fourth-order valence-corrected chi connectivity index (χ4v) is 2.86. The number of amides is 2. The third kappa shape index (κ3) is 3.01. The van der Waals surface area contributed by atoms with Gasteiger partial charge in [-0.3, -0.25) is 0 Å². The standard InChI is InChI=1S/C15H13N5O3S/c21-15(17-10-3-4-12-13(6-10)23-9-22-12)16-7-11-8-20(19-18-11)14-2-1-5-24-14/h1-6,8H,7,9H2,(H2,16,17,21). The van der Waals surface area contributed by atoms with Crippen molar-refractivity contribution in [3.63, 3.8) is 0 Å². The monoisotopic (exact) mass is 343 g/mol. The largest absolute Gasteiger partial charge is 0.454 e. The minimum absolute atomic E-state index is 0.199. The molecular weight excluding hydrogens is 330 g/mol. The second kappa shape index (κ2) is 6.20. The lowest BCUT2D eigenvalue weighted by molar-refractivity contribution is 0.174. The second-order valence-corrected chi connectivity index (χ2v) is 5.91. The summed E-state index contributed by atoms with van der Waals surface area (Å²) in [6.07, 6.45) is 1.78. The number of urea groups is 1. The van der Waals surface area contributed by atoms with E-state index in [4.69, 9.17) is 9.47 Å². The van der Waals surface area contributed by atoms with Crippen LogP contribution in [0.4, 0.5) is 10.5 Å². The zero-order valence-electron chi connectivity index (χ0n) is 12.4. The van der Waals surface area contributed by atoms with E-state index in [2.05, 4.69) is 20.9 Å². The summed E-state index contributed by atoms with van der Waals surface area (Å²) < 4.78 is 12.2. The van der Waals surface area contributed by atoms with Crippen molar-refractivity contribution in [1.82, 2.24) is 20.3 Å². The van der Waals surface area contributed by atoms with Gasteiger partial charge in [-0.2, -0.15) is 0 Å². The number of carbonyl (C=O) groups excluding carboxylic acids is 1. The van der Waals surface area contributed by atoms with E-state index in [0.29, 0.717) is 22.9 Å². The average molecular weight is 343 g/mol. The molecule has 0 saturated heterocycles. The number of hydrogen-bond donors (Lipinski definition) is 2. The van der Waals surface area contributed by atoms with Crippen LogP contribution in [0.2, 0.25) is 0 Å². The highest BCUT2D eigenvalue weighted by Crippen LogP contribution is 2.34. The molecule has 1 aromatic carbocycles. The smallest absolute Gasteiger partial charge is 0.319 e. The first-order chi connectivity index (χ1) is 11.8. The van der Waals surface area contributed by atoms with E-state index >= 15 is 0 Å². The van der Waals surface area contributed by atoms with Crippen LogP contribution < -0.4 is 20.1 Å². The van der Waals surface area contributed by atoms with Crippen LogP contribution in [0.1, 0.15) is 5.69 Å². The molecule has 0 atom stereocenters. The number of thiophene rings is 1. The van der Waals surface area contributed by atoms with E-state index < -0.39 is 0 Å². The van der Waals surface area contributed by atoms with Crippen LogP contribution in [-0.2, 0) is 6.54 Å². The van der Waals surface area contributed by atoms with Crippen LogP contribution in [0.5, 0.6) is 11.5 Å². The Hall–Kier alpha value is -3.07. The van der Waals surface area contributed by atoms with Crippen molar-refractivity contribution in [3.05, 3.63) is 47.6 Å². The molecule has 0 fully saturated rings. The Labute approximate surface area is 141 Å². The van der Waals surface area contributed by atoms with Crippen molar-refractivity contribution in [3.8, 4) is 16.5 Å². The molecule has 0 unspecified atom stereocenters. The normalized spacial score (nSPS) is 12.2. The van der Waals surface area contributed by atoms with Crippen molar-refractivity contribution in [2.75, 3.05) is 12.1 Å². The summed E-state index contributed by atoms with van der Waals surface area (Å²) in [6, 6.07) is 8.78. The predicted molar refractivity (Wildman–Crippen MR) is 87.7 cm³/mol. The third-order valence-corrected chi connectivity index (χ3v) is 4.19. The molecular formula is C15H13N5O3S. The Morgan fingerprint density at radius 3 is 3.08 bits per heavy atom. The molecule has 2 N–H and O–H groups in total. The maximum absolute atomic E-state index is 12.0. The van der Waals surface area contributed by atoms with Gasteiger partial charge in [0.2, 0.25) is 6.79 Å². The maximum atomic E-state index is 12.0. The maximum Gasteiger partial charge on any atom is 0.319 e. The van der Waals surface area contributed by atoms with Gasteiger partial charge in [-0.1, -0.05) is 5.21 Å². The van der Waals surface area contributed by atoms with E-state index in [-0.39, 0.29) is 19.4 Å². The van der Waals surface area contributed by atoms with Gasteiger partial charge in [-0.15, -0.1) is 16.4 Å². The summed E-state index contributed by atoms with van der Waals surface area (Å²) in [6.45, 7) is 0.479. The molecule has 2 aromatic heterocycles. The summed E-state index contributed by atoms with van der Waals surface area (Å²) >= 11 is 1.56. The van der Waals surface area contributed by atoms with Gasteiger partial charge in [0.1, 0.15) is 10.7 Å². The molecule has 0 spiro atoms. The quantitative estimate of drug-likeness (QED) is 0.759. The van der Waals surface area contributed by atoms with Gasteiger partial charge < -0.3 is 20.1 Å². The van der Waals surface area contributed by atoms with Crippen LogP contribution >= 0.6 is 11.3 Å².